The standard InChI is InChI=1S/C32H34FN7O2.C32H35N7O4S/c1-3-6-23-19-25-21-34-32(35-26-9-10-29(27(33)20-26)38-13-11-37(2)12-14-38)36-30(25)40(31(23)41)22-24-7-4-5-8-28(24)39-15-17-42-18-16-39;1-3-6-24-21-26-22-33-32(34-27-9-11-28(12-10-27)37-15-13-36(2)14-16-37)35-30(26)39(31(24)40)23-25-7-4-5-8-29(25)44(41,42)38-17-19-43-20-18-38/h4-5,7-10,19-21H,11-18,22H2,1-2H3,(H,34,35,36);4-5,7-12,21-22H,13-20,23H2,1-2H3,(H,33,34,35). The number of fused-ring (bicyclic) bond motifs is 2. The van der Waals surface area contributed by atoms with E-state index in [1.807, 2.05) is 36.4 Å². The molecule has 4 saturated heterocycles. The number of morpholine rings is 2. The van der Waals surface area contributed by atoms with Crippen LogP contribution in [-0.4, -0.2) is 171 Å². The summed E-state index contributed by atoms with van der Waals surface area (Å²) in [4.78, 5) is 57.3. The molecular formula is C64H69FN14O6S. The summed E-state index contributed by atoms with van der Waals surface area (Å²) in [5.41, 5.74) is 6.59. The second-order valence-corrected chi connectivity index (χ2v) is 23.4. The molecule has 0 amide bonds. The fourth-order valence-electron chi connectivity index (χ4n) is 11.1. The van der Waals surface area contributed by atoms with Crippen LogP contribution in [0.5, 0.6) is 0 Å². The lowest BCUT2D eigenvalue weighted by atomic mass is 10.1. The van der Waals surface area contributed by atoms with E-state index in [9.17, 15) is 18.0 Å². The van der Waals surface area contributed by atoms with Gasteiger partial charge in [-0.25, -0.2) is 22.8 Å². The zero-order valence-electron chi connectivity index (χ0n) is 48.8. The molecule has 0 unspecified atom stereocenters. The van der Waals surface area contributed by atoms with Crippen molar-refractivity contribution in [3.8, 4) is 23.7 Å². The predicted octanol–water partition coefficient (Wildman–Crippen LogP) is 6.41. The van der Waals surface area contributed by atoms with Gasteiger partial charge in [0.2, 0.25) is 21.9 Å². The van der Waals surface area contributed by atoms with Crippen molar-refractivity contribution < 1.29 is 22.3 Å². The van der Waals surface area contributed by atoms with E-state index in [0.717, 1.165) is 88.1 Å². The van der Waals surface area contributed by atoms with Crippen LogP contribution in [0.4, 0.5) is 44.7 Å². The maximum absolute atomic E-state index is 15.1. The number of piperazine rings is 2. The lowest BCUT2D eigenvalue weighted by Gasteiger charge is -2.34. The highest BCUT2D eigenvalue weighted by molar-refractivity contribution is 7.89. The van der Waals surface area contributed by atoms with E-state index in [1.165, 1.54) is 14.9 Å². The Morgan fingerprint density at radius 2 is 1.03 bits per heavy atom. The molecule has 12 rings (SSSR count). The van der Waals surface area contributed by atoms with E-state index in [2.05, 4.69) is 101 Å². The maximum atomic E-state index is 15.1. The SMILES string of the molecule is CC#Cc1cc2cnc(Nc3ccc(N4CCN(C)CC4)c(F)c3)nc2n(Cc2ccccc2N2CCOCC2)c1=O.CC#Cc1cc2cnc(Nc3ccc(N4CCN(C)CC4)cc3)nc2n(Cc2ccccc2S(=O)(=O)N2CCOCC2)c1=O. The molecule has 2 N–H and O–H groups in total. The molecular weight excluding hydrogens is 1110 g/mol. The van der Waals surface area contributed by atoms with Crippen LogP contribution in [0.15, 0.2) is 130 Å². The zero-order valence-corrected chi connectivity index (χ0v) is 49.6. The summed E-state index contributed by atoms with van der Waals surface area (Å²) >= 11 is 0. The van der Waals surface area contributed by atoms with Gasteiger partial charge in [0.05, 0.1) is 61.2 Å². The molecule has 4 fully saturated rings. The Balaban J connectivity index is 0.000000179. The van der Waals surface area contributed by atoms with E-state index in [1.54, 1.807) is 73.3 Å². The minimum absolute atomic E-state index is 0.00944. The largest absolute Gasteiger partial charge is 0.379 e. The first-order valence-corrected chi connectivity index (χ1v) is 30.3. The van der Waals surface area contributed by atoms with E-state index in [-0.39, 0.29) is 53.0 Å². The second-order valence-electron chi connectivity index (χ2n) is 21.5. The topological polar surface area (TPSA) is 192 Å². The molecule has 22 heteroatoms. The number of sulfonamides is 1. The third-order valence-electron chi connectivity index (χ3n) is 15.8. The molecule has 0 bridgehead atoms. The summed E-state index contributed by atoms with van der Waals surface area (Å²) in [6, 6.07) is 31.5. The van der Waals surface area contributed by atoms with Gasteiger partial charge in [-0.15, -0.1) is 11.8 Å². The summed E-state index contributed by atoms with van der Waals surface area (Å²) in [6.07, 6.45) is 3.32. The Kier molecular flexibility index (Phi) is 18.3. The number of halogens is 1. The van der Waals surface area contributed by atoms with Crippen LogP contribution in [-0.2, 0) is 32.6 Å². The molecule has 0 aliphatic carbocycles. The first-order chi connectivity index (χ1) is 41.8. The minimum Gasteiger partial charge on any atom is -0.379 e. The highest BCUT2D eigenvalue weighted by Gasteiger charge is 2.29. The van der Waals surface area contributed by atoms with Crippen molar-refractivity contribution in [2.45, 2.75) is 31.8 Å². The van der Waals surface area contributed by atoms with Crippen LogP contribution in [0, 0.1) is 29.5 Å². The lowest BCUT2D eigenvalue weighted by Crippen LogP contribution is -2.44. The number of nitrogens with zero attached hydrogens (tertiary/aromatic N) is 12. The Labute approximate surface area is 499 Å². The number of hydrogen-bond donors (Lipinski definition) is 2. The Hall–Kier alpha value is -8.74. The molecule has 0 atom stereocenters. The highest BCUT2D eigenvalue weighted by Crippen LogP contribution is 2.29. The van der Waals surface area contributed by atoms with E-state index < -0.39 is 10.0 Å². The van der Waals surface area contributed by atoms with Gasteiger partial charge in [-0.3, -0.25) is 18.7 Å². The van der Waals surface area contributed by atoms with Crippen molar-refractivity contribution in [1.82, 2.24) is 43.2 Å². The molecule has 0 radical (unpaired) electrons. The number of anilines is 7. The van der Waals surface area contributed by atoms with Gasteiger partial charge >= 0.3 is 0 Å². The lowest BCUT2D eigenvalue weighted by molar-refractivity contribution is 0.0730. The fourth-order valence-corrected chi connectivity index (χ4v) is 12.7. The van der Waals surface area contributed by atoms with E-state index in [0.29, 0.717) is 83.5 Å². The van der Waals surface area contributed by atoms with Crippen LogP contribution in [0.25, 0.3) is 22.1 Å². The zero-order chi connectivity index (χ0) is 59.7. The van der Waals surface area contributed by atoms with Crippen molar-refractivity contribution in [2.24, 2.45) is 0 Å². The molecule has 0 saturated carbocycles. The number of rotatable bonds is 13. The highest BCUT2D eigenvalue weighted by atomic mass is 32.2. The summed E-state index contributed by atoms with van der Waals surface area (Å²) in [5.74, 6) is 11.8. The smallest absolute Gasteiger partial charge is 0.268 e. The van der Waals surface area contributed by atoms with Crippen LogP contribution in [0.1, 0.15) is 36.1 Å². The maximum Gasteiger partial charge on any atom is 0.268 e. The third kappa shape index (κ3) is 13.4. The van der Waals surface area contributed by atoms with E-state index >= 15 is 4.39 Å². The number of ether oxygens (including phenoxy) is 2. The van der Waals surface area contributed by atoms with Crippen molar-refractivity contribution >= 4 is 72.4 Å². The Bertz CT molecular complexity index is 4130. The number of nitrogens with one attached hydrogen (secondary N) is 2. The summed E-state index contributed by atoms with van der Waals surface area (Å²) < 4.78 is 57.9. The first-order valence-electron chi connectivity index (χ1n) is 28.9. The number of pyridine rings is 2. The molecule has 8 heterocycles. The Morgan fingerprint density at radius 3 is 1.60 bits per heavy atom. The van der Waals surface area contributed by atoms with Crippen molar-refractivity contribution in [1.29, 1.82) is 0 Å². The van der Waals surface area contributed by atoms with Crippen LogP contribution >= 0.6 is 0 Å². The quantitative estimate of drug-likeness (QED) is 0.120. The molecule has 86 heavy (non-hydrogen) atoms. The van der Waals surface area contributed by atoms with Crippen LogP contribution in [0.3, 0.4) is 0 Å². The number of likely N-dealkylation sites (N-methyl/N-ethyl adjacent to an activating group) is 2. The molecule has 4 aromatic carbocycles. The number of para-hydroxylation sites is 1. The number of aromatic nitrogens is 6. The molecule has 0 spiro atoms. The third-order valence-corrected chi connectivity index (χ3v) is 17.8. The van der Waals surface area contributed by atoms with Crippen LogP contribution < -0.4 is 36.5 Å². The first kappa shape index (κ1) is 59.0. The van der Waals surface area contributed by atoms with Crippen molar-refractivity contribution in [3.05, 3.63) is 164 Å². The van der Waals surface area contributed by atoms with Gasteiger partial charge in [-0.05, 0) is 106 Å². The summed E-state index contributed by atoms with van der Waals surface area (Å²) in [7, 11) is 0.407. The summed E-state index contributed by atoms with van der Waals surface area (Å²) in [5, 5.41) is 7.70. The summed E-state index contributed by atoms with van der Waals surface area (Å²) in [6.45, 7) is 15.2. The van der Waals surface area contributed by atoms with Gasteiger partial charge in [-0.1, -0.05) is 48.2 Å². The normalized spacial score (nSPS) is 16.2. The van der Waals surface area contributed by atoms with Gasteiger partial charge in [0.1, 0.15) is 17.1 Å². The molecule has 4 aliphatic rings. The monoisotopic (exact) mass is 1180 g/mol. The number of hydrogen-bond acceptors (Lipinski definition) is 17. The van der Waals surface area contributed by atoms with Gasteiger partial charge in [-0.2, -0.15) is 14.3 Å². The van der Waals surface area contributed by atoms with Gasteiger partial charge in [0, 0.05) is 124 Å². The molecule has 4 aliphatic heterocycles. The fraction of sp³-hybridized carbons (Fsp3) is 0.344. The average molecular weight is 1180 g/mol. The average Bonchev–Trinajstić information content (AvgIpc) is 3.54. The molecule has 8 aromatic rings. The van der Waals surface area contributed by atoms with Crippen molar-refractivity contribution in [2.75, 3.05) is 144 Å². The van der Waals surface area contributed by atoms with Gasteiger partial charge in [0.25, 0.3) is 11.1 Å². The van der Waals surface area contributed by atoms with Crippen LogP contribution in [0.2, 0.25) is 0 Å². The Morgan fingerprint density at radius 1 is 0.547 bits per heavy atom. The van der Waals surface area contributed by atoms with Gasteiger partial charge in [0.15, 0.2) is 0 Å². The number of benzene rings is 4. The molecule has 4 aromatic heterocycles. The van der Waals surface area contributed by atoms with Crippen molar-refractivity contribution in [3.63, 3.8) is 0 Å². The van der Waals surface area contributed by atoms with Gasteiger partial charge < -0.3 is 44.6 Å². The van der Waals surface area contributed by atoms with E-state index in [4.69, 9.17) is 19.4 Å². The molecule has 20 nitrogen and oxygen atoms in total. The second kappa shape index (κ2) is 26.7. The minimum atomic E-state index is -3.80. The predicted molar refractivity (Wildman–Crippen MR) is 335 cm³/mol. The molecule has 444 valence electrons.